The molecule has 1 aliphatic heterocycles. The molecule has 1 amide bonds. The van der Waals surface area contributed by atoms with Crippen molar-refractivity contribution in [2.24, 2.45) is 0 Å². The van der Waals surface area contributed by atoms with Gasteiger partial charge in [0.05, 0.1) is 6.26 Å². The van der Waals surface area contributed by atoms with E-state index in [1.807, 2.05) is 17.0 Å². The summed E-state index contributed by atoms with van der Waals surface area (Å²) in [6.07, 6.45) is 2.70. The van der Waals surface area contributed by atoms with Crippen LogP contribution in [0.5, 0.6) is 0 Å². The lowest BCUT2D eigenvalue weighted by molar-refractivity contribution is -0.128. The lowest BCUT2D eigenvalue weighted by Crippen LogP contribution is -2.33. The largest absolute Gasteiger partial charge is 0.464 e. The Morgan fingerprint density at radius 2 is 1.86 bits per heavy atom. The Morgan fingerprint density at radius 3 is 2.52 bits per heavy atom. The second-order valence-corrected chi connectivity index (χ2v) is 5.37. The van der Waals surface area contributed by atoms with Crippen LogP contribution in [0.4, 0.5) is 5.69 Å². The summed E-state index contributed by atoms with van der Waals surface area (Å²) in [5.41, 5.74) is 2.29. The van der Waals surface area contributed by atoms with E-state index in [-0.39, 0.29) is 5.91 Å². The van der Waals surface area contributed by atoms with Crippen molar-refractivity contribution >= 4 is 11.6 Å². The number of carbonyl (C=O) groups is 1. The zero-order valence-corrected chi connectivity index (χ0v) is 12.3. The molecule has 4 heteroatoms. The summed E-state index contributed by atoms with van der Waals surface area (Å²) in [4.78, 5) is 15.7. The normalized spacial score (nSPS) is 15.9. The molecule has 0 radical (unpaired) electrons. The van der Waals surface area contributed by atoms with Crippen LogP contribution in [0.1, 0.15) is 13.3 Å². The fourth-order valence-corrected chi connectivity index (χ4v) is 2.77. The van der Waals surface area contributed by atoms with Gasteiger partial charge in [-0.05, 0) is 42.8 Å². The lowest BCUT2D eigenvalue weighted by Gasteiger charge is -2.23. The van der Waals surface area contributed by atoms with Gasteiger partial charge in [0.2, 0.25) is 5.91 Å². The highest BCUT2D eigenvalue weighted by Crippen LogP contribution is 2.24. The summed E-state index contributed by atoms with van der Waals surface area (Å²) in [7, 11) is 0. The van der Waals surface area contributed by atoms with Gasteiger partial charge in [-0.3, -0.25) is 4.79 Å². The first-order valence-electron chi connectivity index (χ1n) is 7.38. The van der Waals surface area contributed by atoms with E-state index < -0.39 is 0 Å². The molecule has 4 nitrogen and oxygen atoms in total. The first kappa shape index (κ1) is 13.7. The van der Waals surface area contributed by atoms with E-state index in [9.17, 15) is 4.79 Å². The van der Waals surface area contributed by atoms with E-state index in [1.54, 1.807) is 13.2 Å². The quantitative estimate of drug-likeness (QED) is 0.850. The highest BCUT2D eigenvalue weighted by atomic mass is 16.3. The summed E-state index contributed by atoms with van der Waals surface area (Å²) in [5, 5.41) is 0. The molecule has 1 fully saturated rings. The van der Waals surface area contributed by atoms with Crippen LogP contribution in [0.15, 0.2) is 47.1 Å². The van der Waals surface area contributed by atoms with Crippen LogP contribution >= 0.6 is 0 Å². The topological polar surface area (TPSA) is 36.7 Å². The smallest absolute Gasteiger partial charge is 0.219 e. The van der Waals surface area contributed by atoms with Gasteiger partial charge in [-0.2, -0.15) is 0 Å². The van der Waals surface area contributed by atoms with E-state index in [4.69, 9.17) is 4.42 Å². The molecule has 0 bridgehead atoms. The van der Waals surface area contributed by atoms with Crippen molar-refractivity contribution in [3.05, 3.63) is 42.7 Å². The van der Waals surface area contributed by atoms with Crippen LogP contribution in [0.2, 0.25) is 0 Å². The molecule has 1 aromatic carbocycles. The minimum atomic E-state index is 0.171. The van der Waals surface area contributed by atoms with E-state index in [1.165, 1.54) is 5.69 Å². The molecule has 2 heterocycles. The highest BCUT2D eigenvalue weighted by molar-refractivity contribution is 5.73. The van der Waals surface area contributed by atoms with Crippen molar-refractivity contribution in [1.29, 1.82) is 0 Å². The molecule has 3 rings (SSSR count). The number of amides is 1. The van der Waals surface area contributed by atoms with Crippen molar-refractivity contribution < 1.29 is 9.21 Å². The van der Waals surface area contributed by atoms with Gasteiger partial charge in [0.15, 0.2) is 0 Å². The second-order valence-electron chi connectivity index (χ2n) is 5.37. The number of nitrogens with zero attached hydrogens (tertiary/aromatic N) is 2. The van der Waals surface area contributed by atoms with Gasteiger partial charge < -0.3 is 14.2 Å². The molecule has 21 heavy (non-hydrogen) atoms. The number of benzene rings is 1. The average molecular weight is 284 g/mol. The summed E-state index contributed by atoms with van der Waals surface area (Å²) >= 11 is 0. The van der Waals surface area contributed by atoms with Crippen molar-refractivity contribution in [1.82, 2.24) is 4.90 Å². The Labute approximate surface area is 125 Å². The molecule has 0 spiro atoms. The summed E-state index contributed by atoms with van der Waals surface area (Å²) in [5.74, 6) is 1.06. The van der Waals surface area contributed by atoms with E-state index in [2.05, 4.69) is 29.2 Å². The molecule has 0 N–H and O–H groups in total. The van der Waals surface area contributed by atoms with Crippen molar-refractivity contribution in [3.8, 4) is 11.3 Å². The highest BCUT2D eigenvalue weighted by Gasteiger charge is 2.16. The fraction of sp³-hybridized carbons (Fsp3) is 0.353. The molecule has 1 aliphatic rings. The number of hydrogen-bond acceptors (Lipinski definition) is 3. The standard InChI is InChI=1S/C17H20N2O2/c1-14(20)18-9-3-10-19(12-11-18)16-7-5-15(6-8-16)17-4-2-13-21-17/h2,4-8,13H,3,9-12H2,1H3. The van der Waals surface area contributed by atoms with Crippen LogP contribution in [0.25, 0.3) is 11.3 Å². The van der Waals surface area contributed by atoms with Gasteiger partial charge in [-0.15, -0.1) is 0 Å². The fourth-order valence-electron chi connectivity index (χ4n) is 2.77. The first-order chi connectivity index (χ1) is 10.2. The molecule has 0 unspecified atom stereocenters. The Bertz CT molecular complexity index is 590. The van der Waals surface area contributed by atoms with Crippen LogP contribution in [0.3, 0.4) is 0 Å². The van der Waals surface area contributed by atoms with Crippen molar-refractivity contribution in [2.45, 2.75) is 13.3 Å². The van der Waals surface area contributed by atoms with Gasteiger partial charge in [0.25, 0.3) is 0 Å². The lowest BCUT2D eigenvalue weighted by atomic mass is 10.1. The molecule has 0 saturated carbocycles. The van der Waals surface area contributed by atoms with E-state index in [0.29, 0.717) is 0 Å². The summed E-state index contributed by atoms with van der Waals surface area (Å²) in [6.45, 7) is 5.18. The van der Waals surface area contributed by atoms with Gasteiger partial charge in [0, 0.05) is 44.4 Å². The van der Waals surface area contributed by atoms with Gasteiger partial charge >= 0.3 is 0 Å². The summed E-state index contributed by atoms with van der Waals surface area (Å²) < 4.78 is 5.41. The minimum Gasteiger partial charge on any atom is -0.464 e. The van der Waals surface area contributed by atoms with Gasteiger partial charge in [-0.1, -0.05) is 0 Å². The molecule has 0 atom stereocenters. The predicted molar refractivity (Wildman–Crippen MR) is 83.2 cm³/mol. The molecule has 1 saturated heterocycles. The summed E-state index contributed by atoms with van der Waals surface area (Å²) in [6, 6.07) is 12.3. The molecule has 2 aromatic rings. The maximum atomic E-state index is 11.5. The average Bonchev–Trinajstić information content (AvgIpc) is 2.91. The third-order valence-electron chi connectivity index (χ3n) is 3.98. The minimum absolute atomic E-state index is 0.171. The Balaban J connectivity index is 1.71. The SMILES string of the molecule is CC(=O)N1CCCN(c2ccc(-c3ccco3)cc2)CC1. The van der Waals surface area contributed by atoms with Crippen LogP contribution in [-0.4, -0.2) is 37.0 Å². The van der Waals surface area contributed by atoms with Crippen molar-refractivity contribution in [3.63, 3.8) is 0 Å². The number of rotatable bonds is 2. The van der Waals surface area contributed by atoms with E-state index in [0.717, 1.165) is 43.9 Å². The predicted octanol–water partition coefficient (Wildman–Crippen LogP) is 3.01. The van der Waals surface area contributed by atoms with E-state index >= 15 is 0 Å². The molecular weight excluding hydrogens is 264 g/mol. The molecule has 1 aromatic heterocycles. The maximum absolute atomic E-state index is 11.5. The monoisotopic (exact) mass is 284 g/mol. The number of furan rings is 1. The zero-order valence-electron chi connectivity index (χ0n) is 12.3. The Morgan fingerprint density at radius 1 is 1.05 bits per heavy atom. The zero-order chi connectivity index (χ0) is 14.7. The van der Waals surface area contributed by atoms with Crippen LogP contribution in [0, 0.1) is 0 Å². The van der Waals surface area contributed by atoms with Crippen LogP contribution < -0.4 is 4.90 Å². The van der Waals surface area contributed by atoms with Gasteiger partial charge in [0.1, 0.15) is 5.76 Å². The third kappa shape index (κ3) is 3.10. The van der Waals surface area contributed by atoms with Gasteiger partial charge in [-0.25, -0.2) is 0 Å². The second kappa shape index (κ2) is 6.04. The third-order valence-corrected chi connectivity index (χ3v) is 3.98. The Hall–Kier alpha value is -2.23. The first-order valence-corrected chi connectivity index (χ1v) is 7.38. The number of hydrogen-bond donors (Lipinski definition) is 0. The van der Waals surface area contributed by atoms with Crippen LogP contribution in [-0.2, 0) is 4.79 Å². The molecule has 110 valence electrons. The maximum Gasteiger partial charge on any atom is 0.219 e. The molecule has 0 aliphatic carbocycles. The number of anilines is 1. The Kier molecular flexibility index (Phi) is 3.95. The molecular formula is C17H20N2O2. The number of carbonyl (C=O) groups excluding carboxylic acids is 1. The van der Waals surface area contributed by atoms with Crippen molar-refractivity contribution in [2.75, 3.05) is 31.1 Å².